The lowest BCUT2D eigenvalue weighted by atomic mass is 9.86. The Hall–Kier alpha value is -6.36. The van der Waals surface area contributed by atoms with Crippen molar-refractivity contribution in [3.63, 3.8) is 0 Å². The summed E-state index contributed by atoms with van der Waals surface area (Å²) in [4.78, 5) is 55.2. The third-order valence-electron chi connectivity index (χ3n) is 12.4. The summed E-state index contributed by atoms with van der Waals surface area (Å²) < 4.78 is 45.5. The Balaban J connectivity index is 0.727. The molecule has 3 aliphatic rings. The van der Waals surface area contributed by atoms with Crippen LogP contribution in [0.3, 0.4) is 0 Å². The molecule has 9 rings (SSSR count). The minimum atomic E-state index is -1.78. The number of piperazine rings is 1. The SMILES string of the molecule is O=C1CCC(c2cnc3cc(CCCN4CCN(c5ncc(-c6ccc7cn(C8CCC(CNC(=O)c9cc(F)c(O)c(F)c9F)CC8)nc7c6)cn5)CC4)ccn23)C(=O)N1. The number of carbonyl (C=O) groups excluding carboxylic acids is 3. The van der Waals surface area contributed by atoms with Crippen molar-refractivity contribution in [2.45, 2.75) is 63.3 Å². The molecular weight excluding hydrogens is 790 g/mol. The van der Waals surface area contributed by atoms with Crippen molar-refractivity contribution >= 4 is 40.2 Å². The van der Waals surface area contributed by atoms with Gasteiger partial charge in [-0.25, -0.2) is 23.7 Å². The summed E-state index contributed by atoms with van der Waals surface area (Å²) in [5.41, 5.74) is 4.77. The van der Waals surface area contributed by atoms with Crippen molar-refractivity contribution in [2.24, 2.45) is 5.92 Å². The molecule has 61 heavy (non-hydrogen) atoms. The van der Waals surface area contributed by atoms with Gasteiger partial charge < -0.3 is 19.7 Å². The van der Waals surface area contributed by atoms with Gasteiger partial charge in [-0.3, -0.25) is 29.3 Å². The van der Waals surface area contributed by atoms with Crippen LogP contribution in [0.25, 0.3) is 27.7 Å². The molecule has 1 saturated carbocycles. The molecule has 3 amide bonds. The molecule has 2 aliphatic heterocycles. The number of amides is 3. The summed E-state index contributed by atoms with van der Waals surface area (Å²) in [5, 5.41) is 20.2. The number of imidazole rings is 1. The van der Waals surface area contributed by atoms with Crippen LogP contribution < -0.4 is 15.5 Å². The number of phenolic OH excluding ortho intramolecular Hbond substituents is 1. The zero-order valence-corrected chi connectivity index (χ0v) is 33.4. The number of nitrogens with one attached hydrogen (secondary N) is 2. The number of phenols is 1. The lowest BCUT2D eigenvalue weighted by Crippen LogP contribution is -2.47. The summed E-state index contributed by atoms with van der Waals surface area (Å²) in [5.74, 6) is -7.16. The number of fused-ring (bicyclic) bond motifs is 2. The standard InChI is InChI=1S/C44H45F3N10O4/c45-34-20-33(39(46)40(47)41(34)59)42(60)49-21-27-3-7-31(8-4-27)57-25-29-6-5-28(19-35(29)53-57)30-22-50-44(51-23-30)55-16-14-54(15-17-55)12-1-2-26-11-13-56-36(24-48-37(56)18-26)32-9-10-38(58)52-43(32)61/h5-6,11,13,18-20,22-25,27,31-32,59H,1-4,7-10,12,14-17,21H2,(H,49,60)(H,52,58,61). The van der Waals surface area contributed by atoms with Crippen LogP contribution in [0, 0.1) is 23.4 Å². The monoisotopic (exact) mass is 834 g/mol. The average Bonchev–Trinajstić information content (AvgIpc) is 3.91. The van der Waals surface area contributed by atoms with E-state index in [0.29, 0.717) is 24.9 Å². The molecule has 1 atom stereocenters. The molecule has 14 nitrogen and oxygen atoms in total. The molecule has 3 N–H and O–H groups in total. The minimum Gasteiger partial charge on any atom is -0.503 e. The first kappa shape index (κ1) is 40.1. The van der Waals surface area contributed by atoms with Crippen LogP contribution in [-0.2, 0) is 16.0 Å². The largest absolute Gasteiger partial charge is 0.503 e. The molecule has 1 aliphatic carbocycles. The third kappa shape index (κ3) is 8.38. The van der Waals surface area contributed by atoms with Crippen LogP contribution in [0.1, 0.15) is 78.5 Å². The van der Waals surface area contributed by atoms with Crippen LogP contribution in [0.15, 0.2) is 67.4 Å². The van der Waals surface area contributed by atoms with Gasteiger partial charge in [0, 0.05) is 81.1 Å². The Morgan fingerprint density at radius 3 is 2.44 bits per heavy atom. The molecule has 0 spiro atoms. The first-order chi connectivity index (χ1) is 29.6. The molecule has 2 aromatic carbocycles. The average molecular weight is 835 g/mol. The molecule has 4 aromatic heterocycles. The Labute approximate surface area is 348 Å². The highest BCUT2D eigenvalue weighted by atomic mass is 19.2. The van der Waals surface area contributed by atoms with Gasteiger partial charge in [0.2, 0.25) is 23.6 Å². The summed E-state index contributed by atoms with van der Waals surface area (Å²) in [7, 11) is 0. The number of aromatic nitrogens is 6. The fourth-order valence-electron chi connectivity index (χ4n) is 8.84. The fraction of sp³-hybridized carbons (Fsp3) is 0.386. The van der Waals surface area contributed by atoms with Crippen LogP contribution in [0.5, 0.6) is 5.75 Å². The topological polar surface area (TPSA) is 163 Å². The van der Waals surface area contributed by atoms with E-state index < -0.39 is 34.7 Å². The second-order valence-electron chi connectivity index (χ2n) is 16.3. The van der Waals surface area contributed by atoms with Gasteiger partial charge in [-0.05, 0) is 92.8 Å². The number of aryl methyl sites for hydroxylation is 1. The van der Waals surface area contributed by atoms with E-state index in [-0.39, 0.29) is 36.2 Å². The maximum atomic E-state index is 14.1. The second kappa shape index (κ2) is 17.0. The minimum absolute atomic E-state index is 0.117. The summed E-state index contributed by atoms with van der Waals surface area (Å²) in [6.07, 6.45) is 15.5. The smallest absolute Gasteiger partial charge is 0.254 e. The molecule has 0 bridgehead atoms. The molecule has 2 saturated heterocycles. The van der Waals surface area contributed by atoms with Gasteiger partial charge in [-0.2, -0.15) is 9.49 Å². The number of piperidine rings is 1. The van der Waals surface area contributed by atoms with Crippen molar-refractivity contribution in [1.82, 2.24) is 44.7 Å². The van der Waals surface area contributed by atoms with Crippen LogP contribution in [0.2, 0.25) is 0 Å². The number of aromatic hydroxyl groups is 1. The van der Waals surface area contributed by atoms with E-state index in [4.69, 9.17) is 15.1 Å². The Bertz CT molecular complexity index is 2620. The summed E-state index contributed by atoms with van der Waals surface area (Å²) in [6.45, 7) is 4.74. The van der Waals surface area contributed by atoms with Crippen LogP contribution >= 0.6 is 0 Å². The molecule has 6 heterocycles. The van der Waals surface area contributed by atoms with Crippen molar-refractivity contribution in [1.29, 1.82) is 0 Å². The zero-order valence-electron chi connectivity index (χ0n) is 33.4. The number of imide groups is 1. The van der Waals surface area contributed by atoms with Gasteiger partial charge in [0.25, 0.3) is 5.91 Å². The highest BCUT2D eigenvalue weighted by Gasteiger charge is 2.31. The highest BCUT2D eigenvalue weighted by molar-refractivity contribution is 6.00. The van der Waals surface area contributed by atoms with E-state index in [2.05, 4.69) is 37.6 Å². The van der Waals surface area contributed by atoms with Crippen LogP contribution in [-0.4, -0.2) is 96.1 Å². The second-order valence-corrected chi connectivity index (χ2v) is 16.3. The molecule has 3 fully saturated rings. The van der Waals surface area contributed by atoms with Gasteiger partial charge in [-0.15, -0.1) is 0 Å². The number of anilines is 1. The third-order valence-corrected chi connectivity index (χ3v) is 12.4. The number of hydrogen-bond acceptors (Lipinski definition) is 10. The van der Waals surface area contributed by atoms with Crippen LogP contribution in [0.4, 0.5) is 19.1 Å². The Morgan fingerprint density at radius 1 is 0.885 bits per heavy atom. The predicted octanol–water partition coefficient (Wildman–Crippen LogP) is 5.70. The zero-order chi connectivity index (χ0) is 42.2. The van der Waals surface area contributed by atoms with Gasteiger partial charge in [0.15, 0.2) is 17.4 Å². The molecule has 0 radical (unpaired) electrons. The molecular formula is C44H45F3N10O4. The molecule has 1 unspecified atom stereocenters. The Morgan fingerprint density at radius 2 is 1.67 bits per heavy atom. The maximum Gasteiger partial charge on any atom is 0.254 e. The highest BCUT2D eigenvalue weighted by Crippen LogP contribution is 2.34. The lowest BCUT2D eigenvalue weighted by Gasteiger charge is -2.34. The maximum absolute atomic E-state index is 14.1. The first-order valence-corrected chi connectivity index (χ1v) is 20.8. The quantitative estimate of drug-likeness (QED) is 0.109. The van der Waals surface area contributed by atoms with E-state index in [0.717, 1.165) is 105 Å². The summed E-state index contributed by atoms with van der Waals surface area (Å²) in [6, 6.07) is 11.0. The number of halogens is 3. The van der Waals surface area contributed by atoms with E-state index in [1.54, 1.807) is 6.20 Å². The van der Waals surface area contributed by atoms with Gasteiger partial charge in [0.1, 0.15) is 5.65 Å². The van der Waals surface area contributed by atoms with Crippen molar-refractivity contribution in [3.8, 4) is 16.9 Å². The lowest BCUT2D eigenvalue weighted by molar-refractivity contribution is -0.134. The molecule has 6 aromatic rings. The van der Waals surface area contributed by atoms with Gasteiger partial charge in [-0.1, -0.05) is 12.1 Å². The fourth-order valence-corrected chi connectivity index (χ4v) is 8.84. The summed E-state index contributed by atoms with van der Waals surface area (Å²) >= 11 is 0. The molecule has 17 heteroatoms. The van der Waals surface area contributed by atoms with Crippen molar-refractivity contribution < 1.29 is 32.7 Å². The number of pyridine rings is 1. The molecule has 316 valence electrons. The van der Waals surface area contributed by atoms with E-state index in [9.17, 15) is 32.7 Å². The number of carbonyl (C=O) groups is 3. The van der Waals surface area contributed by atoms with E-state index >= 15 is 0 Å². The van der Waals surface area contributed by atoms with E-state index in [1.165, 1.54) is 5.56 Å². The van der Waals surface area contributed by atoms with E-state index in [1.807, 2.05) is 52.1 Å². The van der Waals surface area contributed by atoms with Gasteiger partial charge >= 0.3 is 0 Å². The predicted molar refractivity (Wildman–Crippen MR) is 219 cm³/mol. The van der Waals surface area contributed by atoms with Gasteiger partial charge in [0.05, 0.1) is 28.7 Å². The first-order valence-electron chi connectivity index (χ1n) is 20.8. The van der Waals surface area contributed by atoms with Crippen molar-refractivity contribution in [3.05, 3.63) is 102 Å². The normalized spacial score (nSPS) is 20.0. The number of nitrogens with zero attached hydrogens (tertiary/aromatic N) is 8. The van der Waals surface area contributed by atoms with Crippen molar-refractivity contribution in [2.75, 3.05) is 44.2 Å². The number of hydrogen-bond donors (Lipinski definition) is 3. The number of benzene rings is 2. The number of rotatable bonds is 11. The Kier molecular flexibility index (Phi) is 11.1.